The standard InChI is InChI=1S/C31H59NO6S/c1-3-5-7-9-11-13-15-17-19-21-23-25-29(33)28(27-39(36,37)38)32-31(35)30(34)26-24-22-20-18-16-14-12-10-8-6-4-2/h12,14,23,25,28-30,33-34H,3-11,13,15-22,24,26-27H2,1-2H3,(H,32,35)(H,36,37,38)/b14-12-,25-23+. The minimum Gasteiger partial charge on any atom is -0.387 e. The molecular formula is C31H59NO6S. The number of allylic oxidation sites excluding steroid dienone is 3. The second kappa shape index (κ2) is 25.7. The predicted octanol–water partition coefficient (Wildman–Crippen LogP) is 7.04. The van der Waals surface area contributed by atoms with Gasteiger partial charge in [0.15, 0.2) is 0 Å². The molecule has 8 heteroatoms. The molecule has 0 aliphatic rings. The van der Waals surface area contributed by atoms with E-state index in [0.717, 1.165) is 51.4 Å². The van der Waals surface area contributed by atoms with Gasteiger partial charge in [-0.15, -0.1) is 0 Å². The Bertz CT molecular complexity index is 737. The van der Waals surface area contributed by atoms with E-state index >= 15 is 0 Å². The van der Waals surface area contributed by atoms with Crippen LogP contribution in [0.2, 0.25) is 0 Å². The summed E-state index contributed by atoms with van der Waals surface area (Å²) in [6.45, 7) is 4.41. The van der Waals surface area contributed by atoms with E-state index in [-0.39, 0.29) is 6.42 Å². The van der Waals surface area contributed by atoms with Crippen LogP contribution in [0.1, 0.15) is 142 Å². The molecule has 3 unspecified atom stereocenters. The molecule has 0 aliphatic carbocycles. The Morgan fingerprint density at radius 3 is 1.67 bits per heavy atom. The molecule has 0 aromatic rings. The molecule has 0 saturated heterocycles. The first-order valence-electron chi connectivity index (χ1n) is 15.6. The van der Waals surface area contributed by atoms with E-state index in [0.29, 0.717) is 6.42 Å². The highest BCUT2D eigenvalue weighted by Crippen LogP contribution is 2.12. The fourth-order valence-electron chi connectivity index (χ4n) is 4.51. The summed E-state index contributed by atoms with van der Waals surface area (Å²) in [5, 5.41) is 23.1. The number of carbonyl (C=O) groups is 1. The first kappa shape index (κ1) is 37.8. The Morgan fingerprint density at radius 2 is 1.13 bits per heavy atom. The highest BCUT2D eigenvalue weighted by atomic mass is 32.2. The summed E-state index contributed by atoms with van der Waals surface area (Å²) in [7, 11) is -4.43. The lowest BCUT2D eigenvalue weighted by Crippen LogP contribution is -2.50. The summed E-state index contributed by atoms with van der Waals surface area (Å²) in [6, 6.07) is -1.23. The molecule has 230 valence electrons. The van der Waals surface area contributed by atoms with Gasteiger partial charge in [0.2, 0.25) is 5.91 Å². The quantitative estimate of drug-likeness (QED) is 0.0475. The summed E-state index contributed by atoms with van der Waals surface area (Å²) >= 11 is 0. The Labute approximate surface area is 239 Å². The van der Waals surface area contributed by atoms with Crippen molar-refractivity contribution in [3.63, 3.8) is 0 Å². The zero-order valence-electron chi connectivity index (χ0n) is 24.9. The molecule has 39 heavy (non-hydrogen) atoms. The Morgan fingerprint density at radius 1 is 0.692 bits per heavy atom. The number of carbonyl (C=O) groups excluding carboxylic acids is 1. The van der Waals surface area contributed by atoms with Crippen molar-refractivity contribution >= 4 is 16.0 Å². The largest absolute Gasteiger partial charge is 0.387 e. The molecule has 0 heterocycles. The van der Waals surface area contributed by atoms with Crippen LogP contribution >= 0.6 is 0 Å². The van der Waals surface area contributed by atoms with Crippen LogP contribution in [0.3, 0.4) is 0 Å². The van der Waals surface area contributed by atoms with Crippen molar-refractivity contribution in [1.82, 2.24) is 5.32 Å². The minimum atomic E-state index is -4.43. The number of aliphatic hydroxyl groups excluding tert-OH is 2. The second-order valence-electron chi connectivity index (χ2n) is 10.9. The van der Waals surface area contributed by atoms with E-state index in [1.165, 1.54) is 70.3 Å². The van der Waals surface area contributed by atoms with E-state index in [9.17, 15) is 28.0 Å². The zero-order chi connectivity index (χ0) is 29.2. The fourth-order valence-corrected chi connectivity index (χ4v) is 5.24. The number of hydrogen-bond donors (Lipinski definition) is 4. The first-order valence-corrected chi connectivity index (χ1v) is 17.3. The third kappa shape index (κ3) is 25.5. The van der Waals surface area contributed by atoms with Gasteiger partial charge in [-0.25, -0.2) is 0 Å². The van der Waals surface area contributed by atoms with Gasteiger partial charge < -0.3 is 15.5 Å². The van der Waals surface area contributed by atoms with Gasteiger partial charge in [-0.3, -0.25) is 9.35 Å². The molecule has 4 N–H and O–H groups in total. The molecule has 0 saturated carbocycles. The van der Waals surface area contributed by atoms with Gasteiger partial charge in [0.05, 0.1) is 17.9 Å². The van der Waals surface area contributed by atoms with Crippen molar-refractivity contribution in [2.45, 2.75) is 161 Å². The van der Waals surface area contributed by atoms with Crippen molar-refractivity contribution in [2.75, 3.05) is 5.75 Å². The second-order valence-corrected chi connectivity index (χ2v) is 12.4. The van der Waals surface area contributed by atoms with Crippen molar-refractivity contribution in [3.8, 4) is 0 Å². The van der Waals surface area contributed by atoms with Gasteiger partial charge in [0, 0.05) is 0 Å². The van der Waals surface area contributed by atoms with Crippen LogP contribution in [0.25, 0.3) is 0 Å². The molecule has 0 aromatic carbocycles. The van der Waals surface area contributed by atoms with E-state index < -0.39 is 40.0 Å². The van der Waals surface area contributed by atoms with E-state index in [4.69, 9.17) is 0 Å². The summed E-state index contributed by atoms with van der Waals surface area (Å²) < 4.78 is 32.2. The predicted molar refractivity (Wildman–Crippen MR) is 162 cm³/mol. The van der Waals surface area contributed by atoms with Crippen molar-refractivity contribution in [1.29, 1.82) is 0 Å². The minimum absolute atomic E-state index is 0.266. The maximum absolute atomic E-state index is 12.4. The van der Waals surface area contributed by atoms with Crippen LogP contribution in [0.5, 0.6) is 0 Å². The molecule has 1 amide bonds. The Kier molecular flexibility index (Phi) is 24.9. The molecule has 0 spiro atoms. The van der Waals surface area contributed by atoms with Gasteiger partial charge in [-0.1, -0.05) is 122 Å². The fraction of sp³-hybridized carbons (Fsp3) is 0.839. The van der Waals surface area contributed by atoms with Gasteiger partial charge in [0.25, 0.3) is 10.1 Å². The smallest absolute Gasteiger partial charge is 0.267 e. The Balaban J connectivity index is 4.28. The topological polar surface area (TPSA) is 124 Å². The van der Waals surface area contributed by atoms with E-state index in [1.54, 1.807) is 6.08 Å². The van der Waals surface area contributed by atoms with Crippen LogP contribution in [-0.4, -0.2) is 53.1 Å². The van der Waals surface area contributed by atoms with Crippen LogP contribution in [0.15, 0.2) is 24.3 Å². The summed E-state index contributed by atoms with van der Waals surface area (Å²) in [5.41, 5.74) is 0. The molecule has 3 atom stereocenters. The van der Waals surface area contributed by atoms with Crippen molar-refractivity contribution in [2.24, 2.45) is 0 Å². The highest BCUT2D eigenvalue weighted by Gasteiger charge is 2.27. The summed E-state index contributed by atoms with van der Waals surface area (Å²) in [5.74, 6) is -1.55. The van der Waals surface area contributed by atoms with Crippen LogP contribution in [0, 0.1) is 0 Å². The van der Waals surface area contributed by atoms with E-state index in [1.807, 2.05) is 0 Å². The SMILES string of the molecule is CCCCC/C=C\CCCCCCC(O)C(=O)NC(CS(=O)(=O)O)C(O)/C=C/CCCCCCCCCCC. The average molecular weight is 574 g/mol. The van der Waals surface area contributed by atoms with Crippen molar-refractivity contribution < 1.29 is 28.0 Å². The first-order chi connectivity index (χ1) is 18.7. The van der Waals surface area contributed by atoms with Gasteiger partial charge in [-0.05, 0) is 44.9 Å². The molecular weight excluding hydrogens is 514 g/mol. The molecule has 0 bridgehead atoms. The third-order valence-electron chi connectivity index (χ3n) is 6.98. The van der Waals surface area contributed by atoms with Crippen molar-refractivity contribution in [3.05, 3.63) is 24.3 Å². The number of unbranched alkanes of at least 4 members (excludes halogenated alkanes) is 16. The summed E-state index contributed by atoms with van der Waals surface area (Å²) in [4.78, 5) is 12.4. The number of aliphatic hydroxyl groups is 2. The maximum Gasteiger partial charge on any atom is 0.267 e. The van der Waals surface area contributed by atoms with Crippen LogP contribution in [-0.2, 0) is 14.9 Å². The molecule has 7 nitrogen and oxygen atoms in total. The monoisotopic (exact) mass is 573 g/mol. The number of nitrogens with one attached hydrogen (secondary N) is 1. The lowest BCUT2D eigenvalue weighted by molar-refractivity contribution is -0.130. The average Bonchev–Trinajstić information content (AvgIpc) is 2.88. The van der Waals surface area contributed by atoms with Gasteiger partial charge >= 0.3 is 0 Å². The lowest BCUT2D eigenvalue weighted by atomic mass is 10.1. The van der Waals surface area contributed by atoms with Gasteiger partial charge in [0.1, 0.15) is 6.10 Å². The highest BCUT2D eigenvalue weighted by molar-refractivity contribution is 7.85. The molecule has 0 radical (unpaired) electrons. The zero-order valence-corrected chi connectivity index (χ0v) is 25.7. The summed E-state index contributed by atoms with van der Waals surface area (Å²) in [6.07, 6.45) is 26.7. The van der Waals surface area contributed by atoms with Gasteiger partial charge in [-0.2, -0.15) is 8.42 Å². The number of amides is 1. The number of rotatable bonds is 27. The molecule has 0 fully saturated rings. The molecule has 0 rings (SSSR count). The normalized spacial score (nSPS) is 14.7. The van der Waals surface area contributed by atoms with E-state index in [2.05, 4.69) is 31.3 Å². The third-order valence-corrected chi connectivity index (χ3v) is 7.76. The molecule has 0 aromatic heterocycles. The lowest BCUT2D eigenvalue weighted by Gasteiger charge is -2.22. The van der Waals surface area contributed by atoms with Crippen LogP contribution < -0.4 is 5.32 Å². The molecule has 0 aliphatic heterocycles. The van der Waals surface area contributed by atoms with Crippen LogP contribution in [0.4, 0.5) is 0 Å². The Hall–Kier alpha value is -1.22. The number of hydrogen-bond acceptors (Lipinski definition) is 5. The maximum atomic E-state index is 12.4.